The summed E-state index contributed by atoms with van der Waals surface area (Å²) < 4.78 is 5.98. The molecule has 2 aliphatic heterocycles. The lowest BCUT2D eigenvalue weighted by atomic mass is 9.76. The summed E-state index contributed by atoms with van der Waals surface area (Å²) in [7, 11) is 0. The molecule has 114 valence electrons. The highest BCUT2D eigenvalue weighted by Crippen LogP contribution is 2.46. The summed E-state index contributed by atoms with van der Waals surface area (Å²) in [6, 6.07) is 0. The molecule has 0 aromatic heterocycles. The standard InChI is InChI=1S/C15H24O4S/c16-8-6-11-12(14-5-4-13(11)19-14)7-10-20-9-2-1-3-15(17)18/h1,3,11-14,16H,2,4-10H2,(H,17,18)/t11-,12+,13-,14+/m0/s1. The molecule has 4 nitrogen and oxygen atoms in total. The molecule has 2 saturated heterocycles. The van der Waals surface area contributed by atoms with Gasteiger partial charge in [-0.25, -0.2) is 4.79 Å². The summed E-state index contributed by atoms with van der Waals surface area (Å²) in [5.74, 6) is 2.35. The number of thioether (sulfide) groups is 1. The molecule has 5 heteroatoms. The van der Waals surface area contributed by atoms with Crippen LogP contribution in [0.15, 0.2) is 12.2 Å². The predicted octanol–water partition coefficient (Wildman–Crippen LogP) is 2.32. The van der Waals surface area contributed by atoms with E-state index in [1.165, 1.54) is 18.9 Å². The maximum atomic E-state index is 10.3. The average Bonchev–Trinajstić information content (AvgIpc) is 3.00. The number of aliphatic carboxylic acids is 1. The molecular weight excluding hydrogens is 276 g/mol. The minimum atomic E-state index is -0.874. The Morgan fingerprint density at radius 1 is 1.20 bits per heavy atom. The Morgan fingerprint density at radius 3 is 2.55 bits per heavy atom. The SMILES string of the molecule is O=C(O)C=CCCSCC[C@@H]1[C@H](CCO)[C@@H]2CC[C@H]1O2. The van der Waals surface area contributed by atoms with Crippen LogP contribution in [0.4, 0.5) is 0 Å². The monoisotopic (exact) mass is 300 g/mol. The van der Waals surface area contributed by atoms with Crippen molar-refractivity contribution in [2.24, 2.45) is 11.8 Å². The number of carboxylic acids is 1. The first-order chi connectivity index (χ1) is 9.72. The maximum absolute atomic E-state index is 10.3. The van der Waals surface area contributed by atoms with Gasteiger partial charge >= 0.3 is 5.97 Å². The Balaban J connectivity index is 1.62. The molecule has 0 amide bonds. The van der Waals surface area contributed by atoms with Gasteiger partial charge in [0.2, 0.25) is 0 Å². The van der Waals surface area contributed by atoms with Gasteiger partial charge in [0.15, 0.2) is 0 Å². The second-order valence-corrected chi connectivity index (χ2v) is 6.79. The summed E-state index contributed by atoms with van der Waals surface area (Å²) in [5, 5.41) is 17.6. The minimum absolute atomic E-state index is 0.265. The second kappa shape index (κ2) is 8.05. The molecule has 2 aliphatic rings. The zero-order chi connectivity index (χ0) is 14.4. The lowest BCUT2D eigenvalue weighted by Crippen LogP contribution is -2.28. The van der Waals surface area contributed by atoms with Crippen molar-refractivity contribution in [3.8, 4) is 0 Å². The maximum Gasteiger partial charge on any atom is 0.327 e. The number of fused-ring (bicyclic) bond motifs is 2. The van der Waals surface area contributed by atoms with Crippen LogP contribution in [-0.4, -0.2) is 46.5 Å². The highest BCUT2D eigenvalue weighted by atomic mass is 32.2. The Labute approximate surface area is 124 Å². The van der Waals surface area contributed by atoms with E-state index in [0.29, 0.717) is 24.0 Å². The molecule has 0 saturated carbocycles. The van der Waals surface area contributed by atoms with Crippen LogP contribution in [0, 0.1) is 11.8 Å². The third-order valence-corrected chi connectivity index (χ3v) is 5.39. The van der Waals surface area contributed by atoms with Gasteiger partial charge in [0.1, 0.15) is 0 Å². The van der Waals surface area contributed by atoms with Crippen LogP contribution in [0.2, 0.25) is 0 Å². The number of carbonyl (C=O) groups is 1. The number of rotatable bonds is 9. The molecule has 2 bridgehead atoms. The fraction of sp³-hybridized carbons (Fsp3) is 0.800. The van der Waals surface area contributed by atoms with Gasteiger partial charge < -0.3 is 14.9 Å². The second-order valence-electron chi connectivity index (χ2n) is 5.56. The van der Waals surface area contributed by atoms with Crippen molar-refractivity contribution in [1.29, 1.82) is 0 Å². The Kier molecular flexibility index (Phi) is 6.39. The van der Waals surface area contributed by atoms with Crippen molar-refractivity contribution in [2.45, 2.75) is 44.3 Å². The molecule has 0 spiro atoms. The molecule has 0 unspecified atom stereocenters. The van der Waals surface area contributed by atoms with Crippen molar-refractivity contribution >= 4 is 17.7 Å². The molecule has 2 heterocycles. The molecule has 0 aromatic carbocycles. The van der Waals surface area contributed by atoms with E-state index in [-0.39, 0.29) is 6.61 Å². The highest BCUT2D eigenvalue weighted by Gasteiger charge is 2.47. The number of aliphatic hydroxyl groups excluding tert-OH is 1. The van der Waals surface area contributed by atoms with Gasteiger partial charge in [0.25, 0.3) is 0 Å². The van der Waals surface area contributed by atoms with E-state index < -0.39 is 5.97 Å². The van der Waals surface area contributed by atoms with Crippen molar-refractivity contribution in [3.63, 3.8) is 0 Å². The number of ether oxygens (including phenoxy) is 1. The van der Waals surface area contributed by atoms with Gasteiger partial charge in [0.05, 0.1) is 12.2 Å². The molecule has 4 atom stereocenters. The van der Waals surface area contributed by atoms with Crippen LogP contribution in [-0.2, 0) is 9.53 Å². The molecular formula is C15H24O4S. The zero-order valence-corrected chi connectivity index (χ0v) is 12.6. The molecule has 2 rings (SSSR count). The largest absolute Gasteiger partial charge is 0.478 e. The number of allylic oxidation sites excluding steroid dienone is 1. The summed E-state index contributed by atoms with van der Waals surface area (Å²) in [5.41, 5.74) is 0. The van der Waals surface area contributed by atoms with E-state index in [1.54, 1.807) is 6.08 Å². The van der Waals surface area contributed by atoms with Crippen molar-refractivity contribution in [2.75, 3.05) is 18.1 Å². The fourth-order valence-corrected chi connectivity index (χ4v) is 4.42. The molecule has 20 heavy (non-hydrogen) atoms. The number of aliphatic hydroxyl groups is 1. The third-order valence-electron chi connectivity index (χ3n) is 4.34. The first kappa shape index (κ1) is 15.9. The van der Waals surface area contributed by atoms with E-state index in [0.717, 1.165) is 30.8 Å². The Bertz CT molecular complexity index is 345. The zero-order valence-electron chi connectivity index (χ0n) is 11.7. The lowest BCUT2D eigenvalue weighted by molar-refractivity contribution is -0.131. The van der Waals surface area contributed by atoms with Crippen LogP contribution in [0.1, 0.15) is 32.1 Å². The van der Waals surface area contributed by atoms with Crippen LogP contribution >= 0.6 is 11.8 Å². The summed E-state index contributed by atoms with van der Waals surface area (Å²) in [6.45, 7) is 0.265. The molecule has 0 radical (unpaired) electrons. The lowest BCUT2D eigenvalue weighted by Gasteiger charge is -2.27. The van der Waals surface area contributed by atoms with E-state index in [1.807, 2.05) is 11.8 Å². The molecule has 2 N–H and O–H groups in total. The first-order valence-electron chi connectivity index (χ1n) is 7.46. The van der Waals surface area contributed by atoms with E-state index >= 15 is 0 Å². The average molecular weight is 300 g/mol. The van der Waals surface area contributed by atoms with E-state index in [9.17, 15) is 4.79 Å². The molecule has 0 aliphatic carbocycles. The molecule has 2 fully saturated rings. The smallest absolute Gasteiger partial charge is 0.327 e. The van der Waals surface area contributed by atoms with Gasteiger partial charge in [-0.1, -0.05) is 6.08 Å². The Morgan fingerprint density at radius 2 is 1.90 bits per heavy atom. The van der Waals surface area contributed by atoms with Gasteiger partial charge in [-0.15, -0.1) is 0 Å². The number of hydrogen-bond acceptors (Lipinski definition) is 4. The van der Waals surface area contributed by atoms with Gasteiger partial charge in [-0.05, 0) is 55.4 Å². The van der Waals surface area contributed by atoms with Crippen molar-refractivity contribution < 1.29 is 19.7 Å². The first-order valence-corrected chi connectivity index (χ1v) is 8.61. The van der Waals surface area contributed by atoms with Crippen LogP contribution < -0.4 is 0 Å². The Hall–Kier alpha value is -0.520. The minimum Gasteiger partial charge on any atom is -0.478 e. The van der Waals surface area contributed by atoms with E-state index in [2.05, 4.69) is 0 Å². The summed E-state index contributed by atoms with van der Waals surface area (Å²) in [6.07, 6.45) is 8.92. The van der Waals surface area contributed by atoms with Crippen LogP contribution in [0.25, 0.3) is 0 Å². The normalized spacial score (nSPS) is 32.2. The van der Waals surface area contributed by atoms with Crippen LogP contribution in [0.5, 0.6) is 0 Å². The topological polar surface area (TPSA) is 66.8 Å². The van der Waals surface area contributed by atoms with Gasteiger partial charge in [0, 0.05) is 12.7 Å². The predicted molar refractivity (Wildman–Crippen MR) is 79.9 cm³/mol. The van der Waals surface area contributed by atoms with Gasteiger partial charge in [-0.3, -0.25) is 0 Å². The van der Waals surface area contributed by atoms with E-state index in [4.69, 9.17) is 14.9 Å². The van der Waals surface area contributed by atoms with Crippen LogP contribution in [0.3, 0.4) is 0 Å². The fourth-order valence-electron chi connectivity index (χ4n) is 3.48. The quantitative estimate of drug-likeness (QED) is 0.505. The summed E-state index contributed by atoms with van der Waals surface area (Å²) in [4.78, 5) is 10.3. The van der Waals surface area contributed by atoms with Crippen molar-refractivity contribution in [1.82, 2.24) is 0 Å². The third kappa shape index (κ3) is 4.24. The number of carboxylic acid groups (broad SMARTS) is 1. The molecule has 0 aromatic rings. The number of hydrogen-bond donors (Lipinski definition) is 2. The highest BCUT2D eigenvalue weighted by molar-refractivity contribution is 7.99. The summed E-state index contributed by atoms with van der Waals surface area (Å²) >= 11 is 1.88. The van der Waals surface area contributed by atoms with Gasteiger partial charge in [-0.2, -0.15) is 11.8 Å². The van der Waals surface area contributed by atoms with Crippen molar-refractivity contribution in [3.05, 3.63) is 12.2 Å².